The maximum atomic E-state index is 12.9. The van der Waals surface area contributed by atoms with Crippen LogP contribution in [0.3, 0.4) is 0 Å². The number of aliphatic hydroxyl groups is 3. The molecule has 0 bridgehead atoms. The van der Waals surface area contributed by atoms with E-state index in [-0.39, 0.29) is 50.4 Å². The quantitative estimate of drug-likeness (QED) is 0.443. The molecule has 3 N–H and O–H groups in total. The van der Waals surface area contributed by atoms with Crippen LogP contribution >= 0.6 is 34.8 Å². The molecule has 0 fully saturated rings. The van der Waals surface area contributed by atoms with Crippen molar-refractivity contribution in [1.29, 1.82) is 0 Å². The van der Waals surface area contributed by atoms with Crippen molar-refractivity contribution in [2.24, 2.45) is 0 Å². The molecule has 0 heterocycles. The Bertz CT molecular complexity index is 868. The molecule has 160 valence electrons. The van der Waals surface area contributed by atoms with Crippen LogP contribution < -0.4 is 9.47 Å². The SMILES string of the molecule is O=S(=O)(c1ccc(OC[C@H](O)CO)c(Cl)c1)c1ccc(OC[C@@H](O)CCl)c(Cl)c1. The second-order valence-corrected chi connectivity index (χ2v) is 9.03. The summed E-state index contributed by atoms with van der Waals surface area (Å²) < 4.78 is 36.3. The zero-order chi connectivity index (χ0) is 21.6. The first kappa shape index (κ1) is 24.0. The highest BCUT2D eigenvalue weighted by Gasteiger charge is 2.21. The lowest BCUT2D eigenvalue weighted by Gasteiger charge is -2.13. The van der Waals surface area contributed by atoms with Crippen LogP contribution in [0.5, 0.6) is 11.5 Å². The Morgan fingerprint density at radius 3 is 1.69 bits per heavy atom. The van der Waals surface area contributed by atoms with Crippen molar-refractivity contribution in [1.82, 2.24) is 0 Å². The number of hydrogen-bond acceptors (Lipinski definition) is 7. The van der Waals surface area contributed by atoms with Crippen LogP contribution in [0.25, 0.3) is 0 Å². The maximum Gasteiger partial charge on any atom is 0.206 e. The van der Waals surface area contributed by atoms with E-state index in [1.807, 2.05) is 0 Å². The highest BCUT2D eigenvalue weighted by molar-refractivity contribution is 7.91. The van der Waals surface area contributed by atoms with Gasteiger partial charge in [-0.15, -0.1) is 11.6 Å². The Labute approximate surface area is 183 Å². The number of benzene rings is 2. The van der Waals surface area contributed by atoms with Gasteiger partial charge < -0.3 is 24.8 Å². The third-order valence-electron chi connectivity index (χ3n) is 3.68. The van der Waals surface area contributed by atoms with Gasteiger partial charge in [-0.3, -0.25) is 0 Å². The molecule has 0 aliphatic heterocycles. The Balaban J connectivity index is 2.21. The summed E-state index contributed by atoms with van der Waals surface area (Å²) in [4.78, 5) is -0.159. The average Bonchev–Trinajstić information content (AvgIpc) is 2.71. The number of hydrogen-bond donors (Lipinski definition) is 3. The van der Waals surface area contributed by atoms with Crippen LogP contribution in [0.4, 0.5) is 0 Å². The number of sulfone groups is 1. The van der Waals surface area contributed by atoms with Gasteiger partial charge in [-0.05, 0) is 36.4 Å². The van der Waals surface area contributed by atoms with Crippen molar-refractivity contribution >= 4 is 44.6 Å². The molecule has 0 saturated heterocycles. The minimum Gasteiger partial charge on any atom is -0.489 e. The van der Waals surface area contributed by atoms with E-state index in [0.29, 0.717) is 0 Å². The predicted molar refractivity (Wildman–Crippen MR) is 109 cm³/mol. The number of ether oxygens (including phenoxy) is 2. The Kier molecular flexibility index (Phi) is 8.84. The van der Waals surface area contributed by atoms with E-state index in [9.17, 15) is 18.6 Å². The molecule has 7 nitrogen and oxygen atoms in total. The van der Waals surface area contributed by atoms with Gasteiger partial charge in [0.2, 0.25) is 9.84 Å². The summed E-state index contributed by atoms with van der Waals surface area (Å²) in [6, 6.07) is 7.80. The van der Waals surface area contributed by atoms with Gasteiger partial charge >= 0.3 is 0 Å². The van der Waals surface area contributed by atoms with Gasteiger partial charge in [0.15, 0.2) is 0 Å². The zero-order valence-corrected chi connectivity index (χ0v) is 18.0. The Morgan fingerprint density at radius 1 is 0.862 bits per heavy atom. The molecule has 0 aromatic heterocycles. The van der Waals surface area contributed by atoms with Crippen molar-refractivity contribution in [2.75, 3.05) is 25.7 Å². The van der Waals surface area contributed by atoms with Gasteiger partial charge in [0.1, 0.15) is 36.9 Å². The van der Waals surface area contributed by atoms with Crippen LogP contribution in [0, 0.1) is 0 Å². The predicted octanol–water partition coefficient (Wildman–Crippen LogP) is 2.54. The summed E-state index contributed by atoms with van der Waals surface area (Å²) >= 11 is 17.7. The van der Waals surface area contributed by atoms with Gasteiger partial charge in [0.25, 0.3) is 0 Å². The second-order valence-electron chi connectivity index (χ2n) is 5.95. The molecule has 2 aromatic carbocycles. The zero-order valence-electron chi connectivity index (χ0n) is 15.0. The monoisotopic (exact) mass is 484 g/mol. The largest absolute Gasteiger partial charge is 0.489 e. The van der Waals surface area contributed by atoms with Crippen LogP contribution in [-0.4, -0.2) is 61.6 Å². The summed E-state index contributed by atoms with van der Waals surface area (Å²) in [5.74, 6) is 0.362. The second kappa shape index (κ2) is 10.7. The molecule has 2 rings (SSSR count). The summed E-state index contributed by atoms with van der Waals surface area (Å²) in [6.45, 7) is -0.759. The molecule has 11 heteroatoms. The minimum atomic E-state index is -3.93. The lowest BCUT2D eigenvalue weighted by atomic mass is 10.3. The van der Waals surface area contributed by atoms with Crippen LogP contribution in [-0.2, 0) is 9.84 Å². The Morgan fingerprint density at radius 2 is 1.31 bits per heavy atom. The lowest BCUT2D eigenvalue weighted by molar-refractivity contribution is 0.0536. The number of alkyl halides is 1. The Hall–Kier alpha value is -1.26. The molecule has 0 amide bonds. The molecule has 29 heavy (non-hydrogen) atoms. The van der Waals surface area contributed by atoms with Crippen molar-refractivity contribution in [2.45, 2.75) is 22.0 Å². The van der Waals surface area contributed by atoms with E-state index in [1.165, 1.54) is 36.4 Å². The van der Waals surface area contributed by atoms with Crippen LogP contribution in [0.1, 0.15) is 0 Å². The number of halogens is 3. The van der Waals surface area contributed by atoms with Gasteiger partial charge in [-0.25, -0.2) is 8.42 Å². The highest BCUT2D eigenvalue weighted by atomic mass is 35.5. The molecule has 2 aromatic rings. The first-order valence-electron chi connectivity index (χ1n) is 8.31. The topological polar surface area (TPSA) is 113 Å². The molecule has 0 aliphatic rings. The minimum absolute atomic E-state index is 0.0104. The lowest BCUT2D eigenvalue weighted by Crippen LogP contribution is -2.21. The van der Waals surface area contributed by atoms with E-state index in [4.69, 9.17) is 49.4 Å². The van der Waals surface area contributed by atoms with Gasteiger partial charge in [-0.2, -0.15) is 0 Å². The van der Waals surface area contributed by atoms with Crippen LogP contribution in [0.15, 0.2) is 46.2 Å². The third kappa shape index (κ3) is 6.36. The molecular formula is C18H19Cl3O7S. The van der Waals surface area contributed by atoms with Crippen molar-refractivity contribution in [3.05, 3.63) is 46.4 Å². The normalized spacial score (nSPS) is 13.7. The van der Waals surface area contributed by atoms with Gasteiger partial charge in [0, 0.05) is 0 Å². The van der Waals surface area contributed by atoms with E-state index >= 15 is 0 Å². The van der Waals surface area contributed by atoms with E-state index in [2.05, 4.69) is 0 Å². The first-order valence-corrected chi connectivity index (χ1v) is 11.1. The van der Waals surface area contributed by atoms with E-state index in [0.717, 1.165) is 0 Å². The summed E-state index contributed by atoms with van der Waals surface area (Å²) in [5.41, 5.74) is 0. The fraction of sp³-hybridized carbons (Fsp3) is 0.333. The smallest absolute Gasteiger partial charge is 0.206 e. The fourth-order valence-corrected chi connectivity index (χ4v) is 4.14. The fourth-order valence-electron chi connectivity index (χ4n) is 2.14. The van der Waals surface area contributed by atoms with E-state index in [1.54, 1.807) is 0 Å². The maximum absolute atomic E-state index is 12.9. The number of aliphatic hydroxyl groups excluding tert-OH is 3. The standard InChI is InChI=1S/C18H19Cl3O7S/c19-7-11(23)9-27-17-3-1-13(5-15(17)20)29(25,26)14-2-4-18(16(21)6-14)28-10-12(24)8-22/h1-6,11-12,22-24H,7-10H2/t11-,12+/m0/s1. The molecule has 0 radical (unpaired) electrons. The molecular weight excluding hydrogens is 467 g/mol. The van der Waals surface area contributed by atoms with Gasteiger partial charge in [-0.1, -0.05) is 23.2 Å². The van der Waals surface area contributed by atoms with E-state index < -0.39 is 28.7 Å². The van der Waals surface area contributed by atoms with Crippen molar-refractivity contribution in [3.63, 3.8) is 0 Å². The highest BCUT2D eigenvalue weighted by Crippen LogP contribution is 2.33. The third-order valence-corrected chi connectivity index (χ3v) is 6.37. The summed E-state index contributed by atoms with van der Waals surface area (Å²) in [6.07, 6.45) is -1.96. The van der Waals surface area contributed by atoms with Crippen molar-refractivity contribution < 1.29 is 33.2 Å². The molecule has 2 atom stereocenters. The molecule has 0 unspecified atom stereocenters. The molecule has 0 spiro atoms. The molecule has 0 aliphatic carbocycles. The first-order chi connectivity index (χ1) is 13.7. The van der Waals surface area contributed by atoms with Gasteiger partial charge in [0.05, 0.1) is 32.3 Å². The van der Waals surface area contributed by atoms with Crippen molar-refractivity contribution in [3.8, 4) is 11.5 Å². The summed E-state index contributed by atoms with van der Waals surface area (Å²) in [5, 5.41) is 27.6. The van der Waals surface area contributed by atoms with Crippen LogP contribution in [0.2, 0.25) is 10.0 Å². The average molecular weight is 486 g/mol. The number of rotatable bonds is 10. The molecule has 0 saturated carbocycles. The summed E-state index contributed by atoms with van der Waals surface area (Å²) in [7, 11) is -3.93.